The molecule has 7 nitrogen and oxygen atoms in total. The van der Waals surface area contributed by atoms with Gasteiger partial charge in [-0.15, -0.1) is 0 Å². The molecule has 0 aromatic carbocycles. The van der Waals surface area contributed by atoms with Gasteiger partial charge in [0.05, 0.1) is 11.9 Å². The number of nitrogens with zero attached hydrogens (tertiary/aromatic N) is 4. The fourth-order valence-electron chi connectivity index (χ4n) is 3.06. The van der Waals surface area contributed by atoms with E-state index in [1.165, 1.54) is 10.6 Å². The van der Waals surface area contributed by atoms with Gasteiger partial charge in [0, 0.05) is 43.8 Å². The molecule has 1 aliphatic rings. The number of pyridine rings is 1. The van der Waals surface area contributed by atoms with E-state index in [2.05, 4.69) is 40.6 Å². The normalized spacial score (nSPS) is 16.5. The van der Waals surface area contributed by atoms with Crippen LogP contribution in [0.5, 0.6) is 0 Å². The van der Waals surface area contributed by atoms with Crippen molar-refractivity contribution in [2.75, 3.05) is 26.0 Å². The minimum absolute atomic E-state index is 0.359. The van der Waals surface area contributed by atoms with E-state index in [0.717, 1.165) is 39.4 Å². The number of ether oxygens (including phenoxy) is 1. The number of sulfonamides is 1. The summed E-state index contributed by atoms with van der Waals surface area (Å²) in [6.45, 7) is 8.89. The SMILES string of the molecule is C[Si](C)(C)CCOCn1nc(C2=CCN(S(C)(=O)=O)CC2)c2cc(Br)cnc21. The van der Waals surface area contributed by atoms with E-state index in [9.17, 15) is 8.42 Å². The smallest absolute Gasteiger partial charge is 0.211 e. The van der Waals surface area contributed by atoms with Gasteiger partial charge < -0.3 is 4.74 Å². The third kappa shape index (κ3) is 5.29. The largest absolute Gasteiger partial charge is 0.359 e. The predicted molar refractivity (Wildman–Crippen MR) is 118 cm³/mol. The lowest BCUT2D eigenvalue weighted by atomic mass is 10.0. The topological polar surface area (TPSA) is 77.3 Å². The first-order valence-electron chi connectivity index (χ1n) is 9.29. The molecule has 0 amide bonds. The highest BCUT2D eigenvalue weighted by Crippen LogP contribution is 2.30. The van der Waals surface area contributed by atoms with Crippen LogP contribution < -0.4 is 0 Å². The highest BCUT2D eigenvalue weighted by molar-refractivity contribution is 9.10. The van der Waals surface area contributed by atoms with Gasteiger partial charge in [-0.3, -0.25) is 0 Å². The third-order valence-electron chi connectivity index (χ3n) is 4.71. The Balaban J connectivity index is 1.85. The average molecular weight is 487 g/mol. The first-order valence-corrected chi connectivity index (χ1v) is 15.6. The summed E-state index contributed by atoms with van der Waals surface area (Å²) in [7, 11) is -4.32. The lowest BCUT2D eigenvalue weighted by Crippen LogP contribution is -2.33. The van der Waals surface area contributed by atoms with Crippen molar-refractivity contribution in [1.29, 1.82) is 0 Å². The Bertz CT molecular complexity index is 998. The van der Waals surface area contributed by atoms with Crippen LogP contribution in [-0.4, -0.2) is 61.5 Å². The third-order valence-corrected chi connectivity index (χ3v) is 8.12. The van der Waals surface area contributed by atoms with Crippen LogP contribution >= 0.6 is 15.9 Å². The molecule has 10 heteroatoms. The summed E-state index contributed by atoms with van der Waals surface area (Å²) in [4.78, 5) is 4.53. The van der Waals surface area contributed by atoms with E-state index in [1.807, 2.05) is 12.1 Å². The standard InChI is InChI=1S/C18H27BrN4O3SSi/c1-27(24,25)22-7-5-14(6-8-22)17-16-11-15(19)12-20-18(16)23(21-17)13-26-9-10-28(2,3)4/h5,11-12H,6-10,13H2,1-4H3. The monoisotopic (exact) mass is 486 g/mol. The van der Waals surface area contributed by atoms with Gasteiger partial charge in [0.15, 0.2) is 5.65 Å². The molecular weight excluding hydrogens is 460 g/mol. The van der Waals surface area contributed by atoms with E-state index in [0.29, 0.717) is 26.2 Å². The summed E-state index contributed by atoms with van der Waals surface area (Å²) in [5, 5.41) is 5.71. The highest BCUT2D eigenvalue weighted by Gasteiger charge is 2.23. The maximum absolute atomic E-state index is 11.8. The molecule has 2 aromatic rings. The van der Waals surface area contributed by atoms with E-state index in [1.54, 1.807) is 10.9 Å². The van der Waals surface area contributed by atoms with Gasteiger partial charge in [0.1, 0.15) is 6.73 Å². The van der Waals surface area contributed by atoms with Gasteiger partial charge in [-0.05, 0) is 40.0 Å². The van der Waals surface area contributed by atoms with Crippen LogP contribution in [0.1, 0.15) is 12.1 Å². The molecule has 0 bridgehead atoms. The van der Waals surface area contributed by atoms with Crippen molar-refractivity contribution in [2.24, 2.45) is 0 Å². The van der Waals surface area contributed by atoms with Crippen molar-refractivity contribution >= 4 is 50.6 Å². The summed E-state index contributed by atoms with van der Waals surface area (Å²) >= 11 is 3.49. The van der Waals surface area contributed by atoms with E-state index < -0.39 is 18.1 Å². The number of fused-ring (bicyclic) bond motifs is 1. The van der Waals surface area contributed by atoms with Crippen LogP contribution in [-0.2, 0) is 21.5 Å². The van der Waals surface area contributed by atoms with Gasteiger partial charge in [-0.2, -0.15) is 9.40 Å². The molecule has 0 radical (unpaired) electrons. The summed E-state index contributed by atoms with van der Waals surface area (Å²) in [6.07, 6.45) is 5.58. The Kier molecular flexibility index (Phi) is 6.45. The van der Waals surface area contributed by atoms with Crippen molar-refractivity contribution in [3.63, 3.8) is 0 Å². The van der Waals surface area contributed by atoms with E-state index >= 15 is 0 Å². The Morgan fingerprint density at radius 3 is 2.68 bits per heavy atom. The second-order valence-electron chi connectivity index (χ2n) is 8.32. The molecule has 0 saturated heterocycles. The molecule has 1 aliphatic heterocycles. The molecule has 2 aromatic heterocycles. The van der Waals surface area contributed by atoms with Gasteiger partial charge >= 0.3 is 0 Å². The average Bonchev–Trinajstić information content (AvgIpc) is 2.95. The van der Waals surface area contributed by atoms with E-state index in [-0.39, 0.29) is 0 Å². The molecular formula is C18H27BrN4O3SSi. The molecule has 0 aliphatic carbocycles. The second kappa shape index (κ2) is 8.35. The summed E-state index contributed by atoms with van der Waals surface area (Å²) in [5.41, 5.74) is 2.68. The van der Waals surface area contributed by atoms with Crippen LogP contribution in [0.15, 0.2) is 22.8 Å². The molecule has 28 heavy (non-hydrogen) atoms. The van der Waals surface area contributed by atoms with Crippen molar-refractivity contribution in [3.8, 4) is 0 Å². The lowest BCUT2D eigenvalue weighted by Gasteiger charge is -2.23. The molecule has 0 unspecified atom stereocenters. The Morgan fingerprint density at radius 1 is 1.32 bits per heavy atom. The van der Waals surface area contributed by atoms with Crippen LogP contribution in [0.3, 0.4) is 0 Å². The predicted octanol–water partition coefficient (Wildman–Crippen LogP) is 3.55. The number of hydrogen-bond acceptors (Lipinski definition) is 5. The zero-order valence-corrected chi connectivity index (χ0v) is 20.2. The van der Waals surface area contributed by atoms with Crippen LogP contribution in [0.4, 0.5) is 0 Å². The van der Waals surface area contributed by atoms with Gasteiger partial charge in [0.25, 0.3) is 0 Å². The number of halogens is 1. The zero-order valence-electron chi connectivity index (χ0n) is 16.8. The highest BCUT2D eigenvalue weighted by atomic mass is 79.9. The quantitative estimate of drug-likeness (QED) is 0.441. The zero-order chi connectivity index (χ0) is 20.5. The Labute approximate surface area is 176 Å². The van der Waals surface area contributed by atoms with E-state index in [4.69, 9.17) is 9.84 Å². The first kappa shape index (κ1) is 21.6. The van der Waals surface area contributed by atoms with Gasteiger partial charge in [-0.25, -0.2) is 18.1 Å². The maximum atomic E-state index is 11.8. The first-order chi connectivity index (χ1) is 13.0. The molecule has 3 heterocycles. The van der Waals surface area contributed by atoms with Crippen molar-refractivity contribution in [2.45, 2.75) is 38.8 Å². The fraction of sp³-hybridized carbons (Fsp3) is 0.556. The molecule has 0 N–H and O–H groups in total. The molecule has 0 spiro atoms. The van der Waals surface area contributed by atoms with Gasteiger partial charge in [-0.1, -0.05) is 25.7 Å². The number of hydrogen-bond donors (Lipinski definition) is 0. The minimum Gasteiger partial charge on any atom is -0.359 e. The van der Waals surface area contributed by atoms with Crippen molar-refractivity contribution in [3.05, 3.63) is 28.5 Å². The Hall–Kier alpha value is -1.07. The molecule has 0 saturated carbocycles. The fourth-order valence-corrected chi connectivity index (χ4v) is 4.91. The lowest BCUT2D eigenvalue weighted by molar-refractivity contribution is 0.0812. The minimum atomic E-state index is -3.18. The summed E-state index contributed by atoms with van der Waals surface area (Å²) in [6, 6.07) is 3.11. The second-order valence-corrected chi connectivity index (χ2v) is 16.8. The molecule has 3 rings (SSSR count). The number of rotatable bonds is 7. The maximum Gasteiger partial charge on any atom is 0.211 e. The Morgan fingerprint density at radius 2 is 2.07 bits per heavy atom. The summed E-state index contributed by atoms with van der Waals surface area (Å²) < 4.78 is 33.5. The number of aromatic nitrogens is 3. The summed E-state index contributed by atoms with van der Waals surface area (Å²) in [5.74, 6) is 0. The van der Waals surface area contributed by atoms with Gasteiger partial charge in [0.2, 0.25) is 10.0 Å². The van der Waals surface area contributed by atoms with Crippen LogP contribution in [0.2, 0.25) is 25.7 Å². The van der Waals surface area contributed by atoms with Crippen molar-refractivity contribution in [1.82, 2.24) is 19.1 Å². The van der Waals surface area contributed by atoms with Crippen LogP contribution in [0.25, 0.3) is 16.6 Å². The molecule has 0 atom stereocenters. The van der Waals surface area contributed by atoms with Crippen molar-refractivity contribution < 1.29 is 13.2 Å². The molecule has 154 valence electrons. The molecule has 0 fully saturated rings. The van der Waals surface area contributed by atoms with Crippen LogP contribution in [0, 0.1) is 0 Å².